The summed E-state index contributed by atoms with van der Waals surface area (Å²) in [6.45, 7) is 9.96. The number of aromatic nitrogens is 4. The molecule has 184 valence electrons. The highest BCUT2D eigenvalue weighted by atomic mass is 16.2. The highest BCUT2D eigenvalue weighted by molar-refractivity contribution is 6.05. The number of nitrogens with one attached hydrogen (secondary N) is 4. The summed E-state index contributed by atoms with van der Waals surface area (Å²) in [5.41, 5.74) is 4.14. The summed E-state index contributed by atoms with van der Waals surface area (Å²) in [5, 5.41) is 3.11. The largest absolute Gasteiger partial charge is 0.348 e. The summed E-state index contributed by atoms with van der Waals surface area (Å²) in [4.78, 5) is 50.9. The van der Waals surface area contributed by atoms with Crippen LogP contribution in [0.5, 0.6) is 0 Å². The van der Waals surface area contributed by atoms with Gasteiger partial charge in [-0.15, -0.1) is 0 Å². The third-order valence-corrected chi connectivity index (χ3v) is 5.77. The van der Waals surface area contributed by atoms with Gasteiger partial charge < -0.3 is 20.3 Å². The number of aromatic amines is 3. The van der Waals surface area contributed by atoms with Crippen molar-refractivity contribution in [2.24, 2.45) is 0 Å². The van der Waals surface area contributed by atoms with Gasteiger partial charge >= 0.3 is 0 Å². The third-order valence-electron chi connectivity index (χ3n) is 5.77. The first-order valence-electron chi connectivity index (χ1n) is 11.6. The van der Waals surface area contributed by atoms with E-state index >= 15 is 0 Å². The van der Waals surface area contributed by atoms with Crippen LogP contribution >= 0.6 is 0 Å². The zero-order valence-electron chi connectivity index (χ0n) is 20.9. The zero-order valence-corrected chi connectivity index (χ0v) is 20.9. The Kier molecular flexibility index (Phi) is 6.61. The minimum atomic E-state index is -0.446. The lowest BCUT2D eigenvalue weighted by molar-refractivity contribution is 0.102. The van der Waals surface area contributed by atoms with Gasteiger partial charge in [-0.05, 0) is 55.3 Å². The fourth-order valence-electron chi connectivity index (χ4n) is 3.99. The van der Waals surface area contributed by atoms with E-state index in [4.69, 9.17) is 0 Å². The van der Waals surface area contributed by atoms with Crippen molar-refractivity contribution in [3.8, 4) is 0 Å². The summed E-state index contributed by atoms with van der Waals surface area (Å²) >= 11 is 0. The standard InChI is InChI=1S/C28H29N5O3/c1-16-9-10-20(17(2)11-16)25(34)31-19-8-6-7-18(12-19)13-22-26(35)33-23(27(36)32-22)14-21-24(28(3,4)5)30-15-29-21/h6-15H,1-5H3,(H,29,30)(H,31,34)(H,32,36)(H,33,35)/b22-13-,23-14-. The van der Waals surface area contributed by atoms with Gasteiger partial charge in [-0.2, -0.15) is 0 Å². The molecule has 2 heterocycles. The van der Waals surface area contributed by atoms with Gasteiger partial charge in [-0.25, -0.2) is 4.98 Å². The lowest BCUT2D eigenvalue weighted by Crippen LogP contribution is -2.46. The molecule has 2 aromatic heterocycles. The van der Waals surface area contributed by atoms with E-state index in [2.05, 4.69) is 25.3 Å². The normalized spacial score (nSPS) is 12.7. The molecule has 36 heavy (non-hydrogen) atoms. The molecule has 8 heteroatoms. The predicted molar refractivity (Wildman–Crippen MR) is 142 cm³/mol. The Hall–Kier alpha value is -4.46. The number of carbonyl (C=O) groups excluding carboxylic acids is 1. The first-order chi connectivity index (χ1) is 17.0. The van der Waals surface area contributed by atoms with Crippen molar-refractivity contribution in [1.82, 2.24) is 19.9 Å². The second-order valence-electron chi connectivity index (χ2n) is 9.84. The average Bonchev–Trinajstić information content (AvgIpc) is 3.26. The smallest absolute Gasteiger partial charge is 0.272 e. The summed E-state index contributed by atoms with van der Waals surface area (Å²) in [6.07, 6.45) is 4.68. The second kappa shape index (κ2) is 9.65. The molecule has 0 fully saturated rings. The van der Waals surface area contributed by atoms with Crippen molar-refractivity contribution in [1.29, 1.82) is 0 Å². The van der Waals surface area contributed by atoms with E-state index in [1.807, 2.05) is 46.8 Å². The van der Waals surface area contributed by atoms with Crippen LogP contribution in [0.4, 0.5) is 5.69 Å². The van der Waals surface area contributed by atoms with Gasteiger partial charge in [0.1, 0.15) is 10.7 Å². The minimum absolute atomic E-state index is 0.105. The Bertz CT molecular complexity index is 1680. The van der Waals surface area contributed by atoms with E-state index in [-0.39, 0.29) is 22.0 Å². The maximum atomic E-state index is 12.7. The molecule has 0 saturated carbocycles. The molecule has 4 rings (SSSR count). The summed E-state index contributed by atoms with van der Waals surface area (Å²) in [5.74, 6) is -0.219. The molecule has 0 aliphatic carbocycles. The molecule has 0 aliphatic rings. The number of hydrogen-bond donors (Lipinski definition) is 4. The Balaban J connectivity index is 1.65. The van der Waals surface area contributed by atoms with Crippen molar-refractivity contribution in [3.63, 3.8) is 0 Å². The molecule has 0 unspecified atom stereocenters. The highest BCUT2D eigenvalue weighted by Crippen LogP contribution is 2.22. The van der Waals surface area contributed by atoms with E-state index < -0.39 is 11.1 Å². The summed E-state index contributed by atoms with van der Waals surface area (Å²) < 4.78 is 0. The van der Waals surface area contributed by atoms with Gasteiger partial charge in [0.15, 0.2) is 0 Å². The number of imidazole rings is 1. The second-order valence-corrected chi connectivity index (χ2v) is 9.84. The van der Waals surface area contributed by atoms with Crippen LogP contribution in [0.25, 0.3) is 12.2 Å². The first-order valence-corrected chi connectivity index (χ1v) is 11.6. The van der Waals surface area contributed by atoms with E-state index in [9.17, 15) is 14.4 Å². The molecule has 4 aromatic rings. The van der Waals surface area contributed by atoms with Crippen molar-refractivity contribution < 1.29 is 4.79 Å². The molecule has 0 aliphatic heterocycles. The molecule has 0 bridgehead atoms. The number of benzene rings is 2. The molecule has 0 spiro atoms. The number of nitrogens with zero attached hydrogens (tertiary/aromatic N) is 1. The number of H-pyrrole nitrogens is 3. The SMILES string of the molecule is Cc1ccc(C(=O)Nc2cccc(/C=c3\[nH]c(=O)/c(=C/c4nc[nH]c4C(C)(C)C)[nH]c3=O)c2)c(C)c1. The number of hydrogen-bond acceptors (Lipinski definition) is 4. The first kappa shape index (κ1) is 24.7. The molecule has 1 amide bonds. The van der Waals surface area contributed by atoms with Crippen molar-refractivity contribution >= 4 is 23.7 Å². The molecule has 0 radical (unpaired) electrons. The predicted octanol–water partition coefficient (Wildman–Crippen LogP) is 2.61. The molecular formula is C28H29N5O3. The van der Waals surface area contributed by atoms with Crippen molar-refractivity contribution in [3.05, 3.63) is 114 Å². The van der Waals surface area contributed by atoms with Crippen LogP contribution in [0.1, 0.15) is 59.2 Å². The Labute approximate surface area is 207 Å². The molecular weight excluding hydrogens is 454 g/mol. The fraction of sp³-hybridized carbons (Fsp3) is 0.214. The quantitative estimate of drug-likeness (QED) is 0.356. The molecule has 2 aromatic carbocycles. The Morgan fingerprint density at radius 2 is 1.64 bits per heavy atom. The topological polar surface area (TPSA) is 123 Å². The average molecular weight is 484 g/mol. The van der Waals surface area contributed by atoms with Gasteiger partial charge in [0, 0.05) is 22.4 Å². The number of anilines is 1. The van der Waals surface area contributed by atoms with Crippen molar-refractivity contribution in [2.45, 2.75) is 40.0 Å². The van der Waals surface area contributed by atoms with Crippen LogP contribution in [0.3, 0.4) is 0 Å². The number of aryl methyl sites for hydroxylation is 2. The van der Waals surface area contributed by atoms with Crippen LogP contribution in [0.2, 0.25) is 0 Å². The fourth-order valence-corrected chi connectivity index (χ4v) is 3.99. The number of rotatable bonds is 4. The molecule has 4 N–H and O–H groups in total. The maximum absolute atomic E-state index is 12.7. The van der Waals surface area contributed by atoms with Crippen LogP contribution in [-0.4, -0.2) is 25.8 Å². The van der Waals surface area contributed by atoms with E-state index in [1.165, 1.54) is 0 Å². The number of carbonyl (C=O) groups is 1. The van der Waals surface area contributed by atoms with Gasteiger partial charge in [0.25, 0.3) is 17.0 Å². The molecule has 8 nitrogen and oxygen atoms in total. The molecule has 0 atom stereocenters. The lowest BCUT2D eigenvalue weighted by Gasteiger charge is -2.16. The monoisotopic (exact) mass is 483 g/mol. The van der Waals surface area contributed by atoms with Crippen LogP contribution < -0.4 is 27.1 Å². The van der Waals surface area contributed by atoms with Gasteiger partial charge in [-0.3, -0.25) is 14.4 Å². The highest BCUT2D eigenvalue weighted by Gasteiger charge is 2.19. The number of amides is 1. The van der Waals surface area contributed by atoms with Crippen LogP contribution in [0, 0.1) is 13.8 Å². The van der Waals surface area contributed by atoms with Crippen molar-refractivity contribution in [2.75, 3.05) is 5.32 Å². The lowest BCUT2D eigenvalue weighted by atomic mass is 9.90. The van der Waals surface area contributed by atoms with E-state index in [1.54, 1.807) is 48.8 Å². The Morgan fingerprint density at radius 3 is 2.31 bits per heavy atom. The molecule has 0 saturated heterocycles. The van der Waals surface area contributed by atoms with Gasteiger partial charge in [0.2, 0.25) is 0 Å². The van der Waals surface area contributed by atoms with Crippen LogP contribution in [0.15, 0.2) is 58.4 Å². The van der Waals surface area contributed by atoms with Crippen LogP contribution in [-0.2, 0) is 5.41 Å². The van der Waals surface area contributed by atoms with E-state index in [0.29, 0.717) is 22.5 Å². The minimum Gasteiger partial charge on any atom is -0.348 e. The summed E-state index contributed by atoms with van der Waals surface area (Å²) in [7, 11) is 0. The van der Waals surface area contributed by atoms with Gasteiger partial charge in [-0.1, -0.05) is 50.6 Å². The summed E-state index contributed by atoms with van der Waals surface area (Å²) in [6, 6.07) is 12.7. The zero-order chi connectivity index (χ0) is 26.0. The third kappa shape index (κ3) is 5.43. The van der Waals surface area contributed by atoms with E-state index in [0.717, 1.165) is 16.8 Å². The Morgan fingerprint density at radius 1 is 0.944 bits per heavy atom. The van der Waals surface area contributed by atoms with Gasteiger partial charge in [0.05, 0.1) is 12.0 Å². The maximum Gasteiger partial charge on any atom is 0.272 e.